The van der Waals surface area contributed by atoms with Crippen LogP contribution in [0.2, 0.25) is 0 Å². The van der Waals surface area contributed by atoms with Gasteiger partial charge in [-0.1, -0.05) is 69.7 Å². The molecule has 0 aromatic heterocycles. The molecule has 0 spiro atoms. The van der Waals surface area contributed by atoms with Crippen molar-refractivity contribution in [1.82, 2.24) is 0 Å². The predicted octanol–water partition coefficient (Wildman–Crippen LogP) is 7.79. The summed E-state index contributed by atoms with van der Waals surface area (Å²) in [6.45, 7) is 14.4. The minimum atomic E-state index is -3.74. The first-order valence-corrected chi connectivity index (χ1v) is 16.1. The third-order valence-electron chi connectivity index (χ3n) is 7.55. The van der Waals surface area contributed by atoms with Gasteiger partial charge in [0.15, 0.2) is 16.4 Å². The third kappa shape index (κ3) is 6.92. The van der Waals surface area contributed by atoms with Gasteiger partial charge in [0.2, 0.25) is 5.78 Å². The number of aryl methyl sites for hydroxylation is 4. The predicted molar refractivity (Wildman–Crippen MR) is 166 cm³/mol. The molecule has 218 valence electrons. The van der Waals surface area contributed by atoms with E-state index in [1.807, 2.05) is 39.8 Å². The lowest BCUT2D eigenvalue weighted by atomic mass is 9.79. The number of ether oxygens (including phenoxy) is 2. The summed E-state index contributed by atoms with van der Waals surface area (Å²) in [5, 5.41) is 0. The second-order valence-electron chi connectivity index (χ2n) is 11.8. The van der Waals surface area contributed by atoms with E-state index in [4.69, 9.17) is 9.47 Å². The highest BCUT2D eigenvalue weighted by Crippen LogP contribution is 2.38. The number of allylic oxidation sites excluding steroid dienone is 1. The van der Waals surface area contributed by atoms with Crippen LogP contribution in [0.3, 0.4) is 0 Å². The van der Waals surface area contributed by atoms with E-state index in [1.54, 1.807) is 18.2 Å². The van der Waals surface area contributed by atoms with Crippen molar-refractivity contribution in [3.05, 3.63) is 93.0 Å². The Hall–Kier alpha value is -3.38. The summed E-state index contributed by atoms with van der Waals surface area (Å²) >= 11 is 0. The number of hydrogen-bond donors (Lipinski definition) is 0. The van der Waals surface area contributed by atoms with Gasteiger partial charge in [0.25, 0.3) is 0 Å². The minimum Gasteiger partial charge on any atom is -0.494 e. The lowest BCUT2D eigenvalue weighted by Crippen LogP contribution is -2.19. The van der Waals surface area contributed by atoms with Crippen molar-refractivity contribution >= 4 is 21.7 Å². The summed E-state index contributed by atoms with van der Waals surface area (Å²) in [4.78, 5) is 14.0. The highest BCUT2D eigenvalue weighted by molar-refractivity contribution is 7.90. The monoisotopic (exact) mass is 574 g/mol. The molecule has 0 saturated heterocycles. The van der Waals surface area contributed by atoms with Crippen LogP contribution in [0.15, 0.2) is 53.4 Å². The molecule has 0 unspecified atom stereocenters. The fourth-order valence-corrected chi connectivity index (χ4v) is 7.64. The van der Waals surface area contributed by atoms with Crippen LogP contribution in [0.5, 0.6) is 11.5 Å². The molecule has 0 fully saturated rings. The molecule has 0 N–H and O–H groups in total. The van der Waals surface area contributed by atoms with Gasteiger partial charge in [0.05, 0.1) is 17.3 Å². The van der Waals surface area contributed by atoms with Gasteiger partial charge >= 0.3 is 0 Å². The SMILES string of the molecule is CCCOc1ccc(C(=O)COc2c(CC)ccc3c2C=CC(C)(C)C3)c(CS(=O)(=O)c2c(C)cc(C)cc2C)c1. The zero-order valence-corrected chi connectivity index (χ0v) is 26.2. The van der Waals surface area contributed by atoms with Crippen LogP contribution in [0.1, 0.15) is 83.4 Å². The Bertz CT molecular complexity index is 1570. The maximum absolute atomic E-state index is 13.7. The van der Waals surface area contributed by atoms with Crippen LogP contribution in [0.25, 0.3) is 6.08 Å². The first kappa shape index (κ1) is 30.6. The van der Waals surface area contributed by atoms with Gasteiger partial charge in [-0.2, -0.15) is 0 Å². The van der Waals surface area contributed by atoms with Gasteiger partial charge in [-0.3, -0.25) is 4.79 Å². The minimum absolute atomic E-state index is 0.0595. The number of hydrogen-bond acceptors (Lipinski definition) is 5. The van der Waals surface area contributed by atoms with E-state index in [0.717, 1.165) is 41.7 Å². The van der Waals surface area contributed by atoms with Crippen LogP contribution in [-0.2, 0) is 28.4 Å². The zero-order chi connectivity index (χ0) is 29.9. The number of sulfone groups is 1. The smallest absolute Gasteiger partial charge is 0.200 e. The van der Waals surface area contributed by atoms with E-state index in [1.165, 1.54) is 5.56 Å². The van der Waals surface area contributed by atoms with Gasteiger partial charge in [-0.05, 0) is 91.5 Å². The van der Waals surface area contributed by atoms with Gasteiger partial charge in [-0.15, -0.1) is 0 Å². The molecule has 0 bridgehead atoms. The van der Waals surface area contributed by atoms with E-state index >= 15 is 0 Å². The Morgan fingerprint density at radius 1 is 0.927 bits per heavy atom. The quantitative estimate of drug-likeness (QED) is 0.219. The summed E-state index contributed by atoms with van der Waals surface area (Å²) in [6.07, 6.45) is 6.78. The summed E-state index contributed by atoms with van der Waals surface area (Å²) in [5.41, 5.74) is 6.48. The Morgan fingerprint density at radius 3 is 2.29 bits per heavy atom. The Kier molecular flexibility index (Phi) is 9.13. The Labute approximate surface area is 245 Å². The van der Waals surface area contributed by atoms with Crippen molar-refractivity contribution in [2.45, 2.75) is 78.4 Å². The van der Waals surface area contributed by atoms with E-state index in [9.17, 15) is 13.2 Å². The van der Waals surface area contributed by atoms with Gasteiger partial charge < -0.3 is 9.47 Å². The lowest BCUT2D eigenvalue weighted by Gasteiger charge is -2.28. The molecule has 1 aliphatic carbocycles. The first-order chi connectivity index (χ1) is 19.3. The first-order valence-electron chi connectivity index (χ1n) is 14.4. The summed E-state index contributed by atoms with van der Waals surface area (Å²) < 4.78 is 39.5. The molecule has 0 aliphatic heterocycles. The van der Waals surface area contributed by atoms with Crippen molar-refractivity contribution in [1.29, 1.82) is 0 Å². The van der Waals surface area contributed by atoms with Crippen molar-refractivity contribution in [2.24, 2.45) is 5.41 Å². The molecule has 0 saturated carbocycles. The molecular weight excluding hydrogens is 532 g/mol. The number of rotatable bonds is 11. The number of benzene rings is 3. The topological polar surface area (TPSA) is 69.7 Å². The van der Waals surface area contributed by atoms with Gasteiger partial charge in [0.1, 0.15) is 11.5 Å². The van der Waals surface area contributed by atoms with E-state index < -0.39 is 9.84 Å². The maximum atomic E-state index is 13.7. The third-order valence-corrected chi connectivity index (χ3v) is 9.51. The molecule has 41 heavy (non-hydrogen) atoms. The van der Waals surface area contributed by atoms with Crippen LogP contribution in [-0.4, -0.2) is 27.4 Å². The maximum Gasteiger partial charge on any atom is 0.200 e. The van der Waals surface area contributed by atoms with Crippen LogP contribution in [0.4, 0.5) is 0 Å². The number of ketones is 1. The fraction of sp³-hybridized carbons (Fsp3) is 0.400. The average Bonchev–Trinajstić information content (AvgIpc) is 2.88. The summed E-state index contributed by atoms with van der Waals surface area (Å²) in [5.74, 6) is 0.702. The molecule has 4 rings (SSSR count). The molecule has 5 nitrogen and oxygen atoms in total. The molecule has 0 radical (unpaired) electrons. The second kappa shape index (κ2) is 12.2. The zero-order valence-electron chi connectivity index (χ0n) is 25.4. The van der Waals surface area contributed by atoms with Crippen molar-refractivity contribution < 1.29 is 22.7 Å². The molecule has 0 atom stereocenters. The Balaban J connectivity index is 1.67. The van der Waals surface area contributed by atoms with Crippen molar-refractivity contribution in [3.63, 3.8) is 0 Å². The number of carbonyl (C=O) groups excluding carboxylic acids is 1. The van der Waals surface area contributed by atoms with Gasteiger partial charge in [-0.25, -0.2) is 8.42 Å². The van der Waals surface area contributed by atoms with Crippen LogP contribution in [0, 0.1) is 26.2 Å². The van der Waals surface area contributed by atoms with E-state index in [2.05, 4.69) is 45.1 Å². The van der Waals surface area contributed by atoms with E-state index in [0.29, 0.717) is 39.5 Å². The Morgan fingerprint density at radius 2 is 1.63 bits per heavy atom. The fourth-order valence-electron chi connectivity index (χ4n) is 5.75. The summed E-state index contributed by atoms with van der Waals surface area (Å²) in [7, 11) is -3.74. The standard InChI is InChI=1S/C35H42O5S/c1-8-16-39-29-12-13-30(28(19-29)22-41(37,38)34-24(4)17-23(3)18-25(34)5)32(36)21-40-33-26(9-2)10-11-27-20-35(6,7)15-14-31(27)33/h10-15,17-19H,8-9,16,20-22H2,1-7H3. The van der Waals surface area contributed by atoms with Crippen LogP contribution >= 0.6 is 0 Å². The lowest BCUT2D eigenvalue weighted by molar-refractivity contribution is 0.0920. The molecule has 0 heterocycles. The van der Waals surface area contributed by atoms with Crippen molar-refractivity contribution in [2.75, 3.05) is 13.2 Å². The highest BCUT2D eigenvalue weighted by atomic mass is 32.2. The van der Waals surface area contributed by atoms with Gasteiger partial charge in [0, 0.05) is 11.1 Å². The number of Topliss-reactive ketones (excluding diaryl/α,β-unsaturated/α-hetero) is 1. The average molecular weight is 575 g/mol. The number of carbonyl (C=O) groups is 1. The largest absolute Gasteiger partial charge is 0.494 e. The molecule has 6 heteroatoms. The van der Waals surface area contributed by atoms with Crippen molar-refractivity contribution in [3.8, 4) is 11.5 Å². The molecule has 3 aromatic rings. The normalized spacial score (nSPS) is 14.0. The molecule has 3 aromatic carbocycles. The molecular formula is C35H42O5S. The van der Waals surface area contributed by atoms with Crippen LogP contribution < -0.4 is 9.47 Å². The van der Waals surface area contributed by atoms with E-state index in [-0.39, 0.29) is 23.6 Å². The highest BCUT2D eigenvalue weighted by Gasteiger charge is 2.26. The summed E-state index contributed by atoms with van der Waals surface area (Å²) in [6, 6.07) is 13.1. The second-order valence-corrected chi connectivity index (χ2v) is 13.8. The molecule has 1 aliphatic rings. The number of fused-ring (bicyclic) bond motifs is 1. The molecule has 0 amide bonds.